The van der Waals surface area contributed by atoms with Gasteiger partial charge in [-0.05, 0) is 42.7 Å². The van der Waals surface area contributed by atoms with Gasteiger partial charge >= 0.3 is 6.03 Å². The van der Waals surface area contributed by atoms with Crippen molar-refractivity contribution in [1.82, 2.24) is 19.5 Å². The van der Waals surface area contributed by atoms with Gasteiger partial charge in [-0.15, -0.1) is 0 Å². The van der Waals surface area contributed by atoms with E-state index < -0.39 is 16.1 Å². The van der Waals surface area contributed by atoms with E-state index in [-0.39, 0.29) is 48.8 Å². The number of amides is 4. The second-order valence-electron chi connectivity index (χ2n) is 7.70. The number of anilines is 1. The van der Waals surface area contributed by atoms with E-state index in [1.807, 2.05) is 0 Å². The highest BCUT2D eigenvalue weighted by atomic mass is 32.2. The molecule has 2 fully saturated rings. The maximum Gasteiger partial charge on any atom is 0.324 e. The van der Waals surface area contributed by atoms with Crippen LogP contribution in [0.5, 0.6) is 0 Å². The van der Waals surface area contributed by atoms with E-state index >= 15 is 0 Å². The molecule has 1 aromatic heterocycles. The molecule has 32 heavy (non-hydrogen) atoms. The third kappa shape index (κ3) is 4.63. The van der Waals surface area contributed by atoms with E-state index in [1.165, 1.54) is 22.8 Å². The van der Waals surface area contributed by atoms with Crippen molar-refractivity contribution < 1.29 is 22.8 Å². The van der Waals surface area contributed by atoms with Crippen LogP contribution in [-0.2, 0) is 26.2 Å². The van der Waals surface area contributed by atoms with E-state index in [9.17, 15) is 22.8 Å². The van der Waals surface area contributed by atoms with Gasteiger partial charge in [0.2, 0.25) is 21.8 Å². The van der Waals surface area contributed by atoms with Crippen LogP contribution < -0.4 is 10.6 Å². The van der Waals surface area contributed by atoms with Crippen LogP contribution in [0.1, 0.15) is 18.4 Å². The summed E-state index contributed by atoms with van der Waals surface area (Å²) in [6.07, 6.45) is 3.66. The zero-order chi connectivity index (χ0) is 22.7. The van der Waals surface area contributed by atoms with Crippen molar-refractivity contribution in [2.24, 2.45) is 5.92 Å². The van der Waals surface area contributed by atoms with Crippen molar-refractivity contribution >= 4 is 33.6 Å². The minimum absolute atomic E-state index is 0.00946. The van der Waals surface area contributed by atoms with Gasteiger partial charge in [-0.2, -0.15) is 4.31 Å². The second kappa shape index (κ2) is 9.05. The summed E-state index contributed by atoms with van der Waals surface area (Å²) >= 11 is 0. The first-order valence-electron chi connectivity index (χ1n) is 10.2. The first-order chi connectivity index (χ1) is 15.3. The van der Waals surface area contributed by atoms with Gasteiger partial charge in [0.1, 0.15) is 4.90 Å². The molecule has 11 heteroatoms. The molecule has 1 aromatic carbocycles. The quantitative estimate of drug-likeness (QED) is 0.627. The van der Waals surface area contributed by atoms with E-state index in [2.05, 4.69) is 15.6 Å². The Balaban J connectivity index is 1.34. The Hall–Kier alpha value is -3.31. The first-order valence-corrected chi connectivity index (χ1v) is 11.7. The van der Waals surface area contributed by atoms with Crippen LogP contribution in [0.15, 0.2) is 53.7 Å². The number of pyridine rings is 1. The van der Waals surface area contributed by atoms with E-state index in [0.29, 0.717) is 24.1 Å². The Morgan fingerprint density at radius 1 is 1.16 bits per heavy atom. The lowest BCUT2D eigenvalue weighted by Gasteiger charge is -2.30. The standard InChI is InChI=1S/C21H23N5O5S/c27-19-13-23-21(29)26(19)14-15-3-1-4-17(11-15)24-20(28)16-6-9-25(10-7-16)32(30,31)18-5-2-8-22-12-18/h1-5,8,11-12,16H,6-7,9-10,13-14H2,(H,23,29)(H,24,28). The fraction of sp³-hybridized carbons (Fsp3) is 0.333. The van der Waals surface area contributed by atoms with Crippen molar-refractivity contribution in [3.63, 3.8) is 0 Å². The molecule has 0 unspecified atom stereocenters. The molecule has 2 N–H and O–H groups in total. The first kappa shape index (κ1) is 21.9. The number of hydrogen-bond donors (Lipinski definition) is 2. The predicted octanol–water partition coefficient (Wildman–Crippen LogP) is 1.17. The van der Waals surface area contributed by atoms with E-state index in [1.54, 1.807) is 30.3 Å². The Morgan fingerprint density at radius 2 is 1.94 bits per heavy atom. The lowest BCUT2D eigenvalue weighted by molar-refractivity contribution is -0.125. The Labute approximate surface area is 185 Å². The summed E-state index contributed by atoms with van der Waals surface area (Å²) in [5, 5.41) is 5.34. The van der Waals surface area contributed by atoms with Gasteiger partial charge in [0, 0.05) is 37.1 Å². The summed E-state index contributed by atoms with van der Waals surface area (Å²) in [5.74, 6) is -0.794. The largest absolute Gasteiger partial charge is 0.329 e. The van der Waals surface area contributed by atoms with Gasteiger partial charge in [-0.1, -0.05) is 12.1 Å². The highest BCUT2D eigenvalue weighted by Gasteiger charge is 2.32. The molecule has 4 rings (SSSR count). The number of carbonyl (C=O) groups excluding carboxylic acids is 3. The molecule has 2 aliphatic rings. The number of carbonyl (C=O) groups is 3. The summed E-state index contributed by atoms with van der Waals surface area (Å²) in [7, 11) is -3.62. The molecule has 2 saturated heterocycles. The van der Waals surface area contributed by atoms with Gasteiger partial charge in [0.05, 0.1) is 13.1 Å². The van der Waals surface area contributed by atoms with Crippen molar-refractivity contribution in [2.45, 2.75) is 24.3 Å². The molecule has 0 radical (unpaired) electrons. The molecule has 10 nitrogen and oxygen atoms in total. The minimum Gasteiger partial charge on any atom is -0.329 e. The molecule has 0 aliphatic carbocycles. The number of nitrogens with zero attached hydrogens (tertiary/aromatic N) is 3. The molecule has 0 bridgehead atoms. The van der Waals surface area contributed by atoms with Gasteiger partial charge in [-0.3, -0.25) is 19.5 Å². The maximum absolute atomic E-state index is 12.7. The second-order valence-corrected chi connectivity index (χ2v) is 9.63. The zero-order valence-electron chi connectivity index (χ0n) is 17.2. The molecular formula is C21H23N5O5S. The average molecular weight is 458 g/mol. The number of aromatic nitrogens is 1. The summed E-state index contributed by atoms with van der Waals surface area (Å²) in [4.78, 5) is 41.4. The van der Waals surface area contributed by atoms with E-state index in [0.717, 1.165) is 4.90 Å². The van der Waals surface area contributed by atoms with Gasteiger partial charge in [0.15, 0.2) is 0 Å². The average Bonchev–Trinajstić information content (AvgIpc) is 3.12. The molecule has 3 heterocycles. The summed E-state index contributed by atoms with van der Waals surface area (Å²) < 4.78 is 26.8. The SMILES string of the molecule is O=C(Nc1cccc(CN2C(=O)CNC2=O)c1)C1CCN(S(=O)(=O)c2cccnc2)CC1. The minimum atomic E-state index is -3.62. The van der Waals surface area contributed by atoms with Gasteiger partial charge in [-0.25, -0.2) is 13.2 Å². The molecule has 168 valence electrons. The predicted molar refractivity (Wildman–Crippen MR) is 115 cm³/mol. The number of piperidine rings is 1. The Morgan fingerprint density at radius 3 is 2.59 bits per heavy atom. The lowest BCUT2D eigenvalue weighted by atomic mass is 9.97. The fourth-order valence-corrected chi connectivity index (χ4v) is 5.23. The smallest absolute Gasteiger partial charge is 0.324 e. The highest BCUT2D eigenvalue weighted by molar-refractivity contribution is 7.89. The lowest BCUT2D eigenvalue weighted by Crippen LogP contribution is -2.41. The maximum atomic E-state index is 12.7. The van der Waals surface area contributed by atoms with Crippen LogP contribution in [0, 0.1) is 5.92 Å². The number of nitrogens with one attached hydrogen (secondary N) is 2. The van der Waals surface area contributed by atoms with Crippen LogP contribution >= 0.6 is 0 Å². The molecule has 4 amide bonds. The molecule has 0 saturated carbocycles. The van der Waals surface area contributed by atoms with Crippen LogP contribution in [0.3, 0.4) is 0 Å². The molecule has 0 spiro atoms. The van der Waals surface area contributed by atoms with Gasteiger partial charge < -0.3 is 10.6 Å². The van der Waals surface area contributed by atoms with Crippen LogP contribution in [0.2, 0.25) is 0 Å². The number of urea groups is 1. The number of benzene rings is 1. The fourth-order valence-electron chi connectivity index (χ4n) is 3.80. The zero-order valence-corrected chi connectivity index (χ0v) is 18.0. The monoisotopic (exact) mass is 457 g/mol. The van der Waals surface area contributed by atoms with Gasteiger partial charge in [0.25, 0.3) is 0 Å². The number of rotatable bonds is 6. The number of hydrogen-bond acceptors (Lipinski definition) is 6. The number of imide groups is 1. The summed E-state index contributed by atoms with van der Waals surface area (Å²) in [6.45, 7) is 0.618. The number of sulfonamides is 1. The normalized spacial score (nSPS) is 17.9. The Bertz CT molecular complexity index is 1110. The third-order valence-corrected chi connectivity index (χ3v) is 7.45. The summed E-state index contributed by atoms with van der Waals surface area (Å²) in [6, 6.07) is 9.62. The van der Waals surface area contributed by atoms with Crippen molar-refractivity contribution in [3.05, 3.63) is 54.4 Å². The van der Waals surface area contributed by atoms with E-state index in [4.69, 9.17) is 0 Å². The topological polar surface area (TPSA) is 129 Å². The van der Waals surface area contributed by atoms with Crippen LogP contribution in [0.25, 0.3) is 0 Å². The summed E-state index contributed by atoms with van der Waals surface area (Å²) in [5.41, 5.74) is 1.27. The van der Waals surface area contributed by atoms with Crippen LogP contribution in [-0.4, -0.2) is 60.1 Å². The Kier molecular flexibility index (Phi) is 6.19. The molecular weight excluding hydrogens is 434 g/mol. The molecule has 2 aromatic rings. The highest BCUT2D eigenvalue weighted by Crippen LogP contribution is 2.25. The molecule has 2 aliphatic heterocycles. The third-order valence-electron chi connectivity index (χ3n) is 5.57. The van der Waals surface area contributed by atoms with Crippen molar-refractivity contribution in [1.29, 1.82) is 0 Å². The van der Waals surface area contributed by atoms with Crippen LogP contribution in [0.4, 0.5) is 10.5 Å². The molecule has 0 atom stereocenters. The van der Waals surface area contributed by atoms with Crippen molar-refractivity contribution in [3.8, 4) is 0 Å². The van der Waals surface area contributed by atoms with Crippen molar-refractivity contribution in [2.75, 3.05) is 25.0 Å².